The van der Waals surface area contributed by atoms with Crippen LogP contribution in [0.3, 0.4) is 0 Å². The third-order valence-electron chi connectivity index (χ3n) is 6.82. The smallest absolute Gasteiger partial charge is 0.272 e. The van der Waals surface area contributed by atoms with E-state index in [1.54, 1.807) is 0 Å². The second-order valence-corrected chi connectivity index (χ2v) is 8.47. The summed E-state index contributed by atoms with van der Waals surface area (Å²) >= 11 is 0. The molecule has 3 fully saturated rings. The topological polar surface area (TPSA) is 56.7 Å². The monoisotopic (exact) mass is 365 g/mol. The minimum atomic E-state index is -0.252. The summed E-state index contributed by atoms with van der Waals surface area (Å²) in [6.07, 6.45) is 4.07. The Morgan fingerprint density at radius 1 is 1.00 bits per heavy atom. The first-order valence-corrected chi connectivity index (χ1v) is 10.3. The maximum atomic E-state index is 13.0. The van der Waals surface area contributed by atoms with Crippen LogP contribution >= 0.6 is 0 Å². The molecular weight excluding hydrogens is 338 g/mol. The van der Waals surface area contributed by atoms with E-state index in [4.69, 9.17) is 0 Å². The summed E-state index contributed by atoms with van der Waals surface area (Å²) in [5.74, 6) is 0.953. The minimum Gasteiger partial charge on any atom is -0.391 e. The van der Waals surface area contributed by atoms with E-state index in [-0.39, 0.29) is 18.1 Å². The Bertz CT molecular complexity index is 848. The lowest BCUT2D eigenvalue weighted by atomic mass is 9.77. The molecule has 2 aromatic rings. The van der Waals surface area contributed by atoms with Crippen LogP contribution in [0.4, 0.5) is 0 Å². The number of likely N-dealkylation sites (tertiary alicyclic amines) is 2. The molecule has 1 aromatic carbocycles. The predicted molar refractivity (Wildman–Crippen MR) is 104 cm³/mol. The molecule has 0 spiro atoms. The molecule has 142 valence electrons. The van der Waals surface area contributed by atoms with Crippen LogP contribution in [0.5, 0.6) is 0 Å². The third-order valence-corrected chi connectivity index (χ3v) is 6.82. The molecule has 0 radical (unpaired) electrons. The number of nitrogens with zero attached hydrogens (tertiary/aromatic N) is 3. The third kappa shape index (κ3) is 3.13. The van der Waals surface area contributed by atoms with E-state index in [1.807, 2.05) is 41.3 Å². The van der Waals surface area contributed by atoms with Gasteiger partial charge in [-0.25, -0.2) is 4.98 Å². The molecule has 5 rings (SSSR count). The molecule has 3 heterocycles. The van der Waals surface area contributed by atoms with Crippen molar-refractivity contribution in [2.24, 2.45) is 11.8 Å². The molecule has 1 N–H and O–H groups in total. The van der Waals surface area contributed by atoms with E-state index in [0.29, 0.717) is 17.5 Å². The summed E-state index contributed by atoms with van der Waals surface area (Å²) in [7, 11) is 0. The van der Waals surface area contributed by atoms with Crippen molar-refractivity contribution in [3.05, 3.63) is 42.1 Å². The highest BCUT2D eigenvalue weighted by atomic mass is 16.3. The van der Waals surface area contributed by atoms with Gasteiger partial charge in [0, 0.05) is 24.5 Å². The van der Waals surface area contributed by atoms with Gasteiger partial charge >= 0.3 is 0 Å². The molecule has 3 aliphatic rings. The quantitative estimate of drug-likeness (QED) is 0.889. The molecule has 2 aliphatic heterocycles. The van der Waals surface area contributed by atoms with Gasteiger partial charge in [-0.3, -0.25) is 9.69 Å². The number of aliphatic hydroxyl groups is 1. The normalized spacial score (nSPS) is 31.4. The van der Waals surface area contributed by atoms with Crippen molar-refractivity contribution in [2.75, 3.05) is 26.2 Å². The first kappa shape index (κ1) is 17.1. The zero-order valence-electron chi connectivity index (χ0n) is 15.6. The number of pyridine rings is 1. The zero-order valence-corrected chi connectivity index (χ0v) is 15.6. The fourth-order valence-electron chi connectivity index (χ4n) is 5.39. The van der Waals surface area contributed by atoms with Crippen molar-refractivity contribution in [1.82, 2.24) is 14.8 Å². The maximum absolute atomic E-state index is 13.0. The largest absolute Gasteiger partial charge is 0.391 e. The van der Waals surface area contributed by atoms with Crippen LogP contribution in [-0.2, 0) is 0 Å². The molecule has 4 atom stereocenters. The van der Waals surface area contributed by atoms with Gasteiger partial charge < -0.3 is 10.0 Å². The van der Waals surface area contributed by atoms with Crippen LogP contribution in [0.2, 0.25) is 0 Å². The number of fused-ring (bicyclic) bond motifs is 2. The second kappa shape index (κ2) is 6.88. The van der Waals surface area contributed by atoms with Crippen LogP contribution in [0.15, 0.2) is 36.4 Å². The Labute approximate surface area is 160 Å². The lowest BCUT2D eigenvalue weighted by Gasteiger charge is -2.40. The summed E-state index contributed by atoms with van der Waals surface area (Å²) in [4.78, 5) is 22.1. The first-order valence-electron chi connectivity index (χ1n) is 10.3. The van der Waals surface area contributed by atoms with Crippen molar-refractivity contribution >= 4 is 16.8 Å². The van der Waals surface area contributed by atoms with Crippen molar-refractivity contribution in [1.29, 1.82) is 0 Å². The predicted octanol–water partition coefficient (Wildman–Crippen LogP) is 2.54. The number of rotatable bonds is 2. The maximum Gasteiger partial charge on any atom is 0.272 e. The Kier molecular flexibility index (Phi) is 4.37. The number of benzene rings is 1. The number of para-hydroxylation sites is 1. The molecule has 1 aliphatic carbocycles. The number of amides is 1. The summed E-state index contributed by atoms with van der Waals surface area (Å²) in [5, 5.41) is 11.7. The molecule has 0 unspecified atom stereocenters. The highest BCUT2D eigenvalue weighted by Crippen LogP contribution is 2.39. The van der Waals surface area contributed by atoms with Crippen molar-refractivity contribution in [3.8, 4) is 0 Å². The summed E-state index contributed by atoms with van der Waals surface area (Å²) in [6.45, 7) is 3.78. The Balaban J connectivity index is 1.31. The zero-order chi connectivity index (χ0) is 18.4. The summed E-state index contributed by atoms with van der Waals surface area (Å²) < 4.78 is 0. The average molecular weight is 365 g/mol. The number of hydrogen-bond acceptors (Lipinski definition) is 4. The van der Waals surface area contributed by atoms with Gasteiger partial charge in [0.25, 0.3) is 5.91 Å². The van der Waals surface area contributed by atoms with Crippen molar-refractivity contribution in [2.45, 2.75) is 37.8 Å². The van der Waals surface area contributed by atoms with Crippen molar-refractivity contribution < 1.29 is 9.90 Å². The van der Waals surface area contributed by atoms with Crippen LogP contribution in [0, 0.1) is 11.8 Å². The van der Waals surface area contributed by atoms with E-state index < -0.39 is 0 Å². The van der Waals surface area contributed by atoms with E-state index in [0.717, 1.165) is 49.9 Å². The fourth-order valence-corrected chi connectivity index (χ4v) is 5.39. The highest BCUT2D eigenvalue weighted by molar-refractivity contribution is 5.95. The SMILES string of the molecule is O=C(c1ccc2ccccc2n1)N1C[C@H]2C[C@@H](N3CCCC3)[C@H](O)C[C@H]2C1. The Hall–Kier alpha value is -1.98. The molecule has 1 saturated carbocycles. The van der Waals surface area contributed by atoms with Gasteiger partial charge in [0.05, 0.1) is 11.6 Å². The van der Waals surface area contributed by atoms with Crippen LogP contribution in [-0.4, -0.2) is 64.1 Å². The summed E-state index contributed by atoms with van der Waals surface area (Å²) in [6, 6.07) is 12.0. The van der Waals surface area contributed by atoms with Gasteiger partial charge in [-0.2, -0.15) is 0 Å². The molecule has 5 nitrogen and oxygen atoms in total. The minimum absolute atomic E-state index is 0.0300. The fraction of sp³-hybridized carbons (Fsp3) is 0.545. The van der Waals surface area contributed by atoms with Crippen LogP contribution in [0.25, 0.3) is 10.9 Å². The van der Waals surface area contributed by atoms with E-state index in [9.17, 15) is 9.90 Å². The molecule has 1 amide bonds. The van der Waals surface area contributed by atoms with Gasteiger partial charge in [-0.15, -0.1) is 0 Å². The molecular formula is C22H27N3O2. The van der Waals surface area contributed by atoms with Gasteiger partial charge in [-0.1, -0.05) is 24.3 Å². The van der Waals surface area contributed by atoms with Gasteiger partial charge in [0.2, 0.25) is 0 Å². The van der Waals surface area contributed by atoms with Gasteiger partial charge in [-0.05, 0) is 62.7 Å². The standard InChI is InChI=1S/C22H27N3O2/c26-21-12-17-14-25(13-16(17)11-20(21)24-9-3-4-10-24)22(27)19-8-7-15-5-1-2-6-18(15)23-19/h1-2,5-8,16-17,20-21,26H,3-4,9-14H2/t16-,17+,20-,21-/m1/s1. The number of carbonyl (C=O) groups is 1. The lowest BCUT2D eigenvalue weighted by Crippen LogP contribution is -2.48. The van der Waals surface area contributed by atoms with Crippen LogP contribution < -0.4 is 0 Å². The Morgan fingerprint density at radius 3 is 2.56 bits per heavy atom. The first-order chi connectivity index (χ1) is 13.2. The lowest BCUT2D eigenvalue weighted by molar-refractivity contribution is -0.000864. The number of aromatic nitrogens is 1. The number of hydrogen-bond donors (Lipinski definition) is 1. The highest BCUT2D eigenvalue weighted by Gasteiger charge is 2.45. The Morgan fingerprint density at radius 2 is 1.74 bits per heavy atom. The molecule has 27 heavy (non-hydrogen) atoms. The van der Waals surface area contributed by atoms with Gasteiger partial charge in [0.1, 0.15) is 5.69 Å². The molecule has 5 heteroatoms. The molecule has 0 bridgehead atoms. The summed E-state index contributed by atoms with van der Waals surface area (Å²) in [5.41, 5.74) is 1.40. The number of aliphatic hydroxyl groups excluding tert-OH is 1. The van der Waals surface area contributed by atoms with E-state index >= 15 is 0 Å². The molecule has 1 aromatic heterocycles. The second-order valence-electron chi connectivity index (χ2n) is 8.47. The van der Waals surface area contributed by atoms with E-state index in [2.05, 4.69) is 9.88 Å². The van der Waals surface area contributed by atoms with Crippen LogP contribution in [0.1, 0.15) is 36.2 Å². The molecule has 2 saturated heterocycles. The van der Waals surface area contributed by atoms with E-state index in [1.165, 1.54) is 12.8 Å². The number of carbonyl (C=O) groups excluding carboxylic acids is 1. The average Bonchev–Trinajstić information content (AvgIpc) is 3.35. The van der Waals surface area contributed by atoms with Gasteiger partial charge in [0.15, 0.2) is 0 Å². The van der Waals surface area contributed by atoms with Crippen molar-refractivity contribution in [3.63, 3.8) is 0 Å².